The Morgan fingerprint density at radius 1 is 1.42 bits per heavy atom. The maximum atomic E-state index is 11.6. The summed E-state index contributed by atoms with van der Waals surface area (Å²) < 4.78 is 4.29. The van der Waals surface area contributed by atoms with Gasteiger partial charge in [0.2, 0.25) is 0 Å². The van der Waals surface area contributed by atoms with Gasteiger partial charge in [-0.1, -0.05) is 30.3 Å². The number of nitrogens with zero attached hydrogens (tertiary/aromatic N) is 1. The highest BCUT2D eigenvalue weighted by Gasteiger charge is 2.09. The Morgan fingerprint density at radius 2 is 2.16 bits per heavy atom. The van der Waals surface area contributed by atoms with Gasteiger partial charge in [0.15, 0.2) is 0 Å². The molecule has 0 aliphatic rings. The van der Waals surface area contributed by atoms with Crippen molar-refractivity contribution in [3.63, 3.8) is 0 Å². The zero-order valence-corrected chi connectivity index (χ0v) is 11.3. The van der Waals surface area contributed by atoms with Crippen molar-refractivity contribution in [3.05, 3.63) is 36.4 Å². The zero-order chi connectivity index (χ0) is 13.7. The molecule has 2 aromatic rings. The van der Waals surface area contributed by atoms with Crippen molar-refractivity contribution in [2.75, 3.05) is 11.9 Å². The van der Waals surface area contributed by atoms with Crippen molar-refractivity contribution in [2.45, 2.75) is 13.0 Å². The summed E-state index contributed by atoms with van der Waals surface area (Å²) in [7, 11) is 0. The molecule has 2 rings (SSSR count). The van der Waals surface area contributed by atoms with Gasteiger partial charge in [-0.05, 0) is 18.5 Å². The van der Waals surface area contributed by atoms with Gasteiger partial charge in [-0.15, -0.1) is 0 Å². The summed E-state index contributed by atoms with van der Waals surface area (Å²) in [4.78, 5) is 11.6. The van der Waals surface area contributed by atoms with Gasteiger partial charge in [0.1, 0.15) is 5.00 Å². The molecule has 0 radical (unpaired) electrons. The molecule has 0 bridgehead atoms. The Kier molecular flexibility index (Phi) is 4.48. The molecular weight excluding hydrogens is 262 g/mol. The van der Waals surface area contributed by atoms with Crippen molar-refractivity contribution in [1.82, 2.24) is 9.69 Å². The van der Waals surface area contributed by atoms with E-state index in [1.54, 1.807) is 6.92 Å². The predicted octanol–water partition coefficient (Wildman–Crippen LogP) is 2.31. The Morgan fingerprint density at radius 3 is 2.84 bits per heavy atom. The minimum absolute atomic E-state index is 0.0919. The molecule has 1 aromatic heterocycles. The number of aliphatic hydroxyl groups excluding tert-OH is 1. The lowest BCUT2D eigenvalue weighted by Gasteiger charge is -2.10. The van der Waals surface area contributed by atoms with Gasteiger partial charge in [0, 0.05) is 11.6 Å². The first-order valence-corrected chi connectivity index (χ1v) is 6.67. The summed E-state index contributed by atoms with van der Waals surface area (Å²) in [6, 6.07) is 11.0. The number of urea groups is 1. The van der Waals surface area contributed by atoms with E-state index in [9.17, 15) is 4.79 Å². The topological polar surface area (TPSA) is 74.2 Å². The van der Waals surface area contributed by atoms with Crippen molar-refractivity contribution in [1.29, 1.82) is 0 Å². The first kappa shape index (κ1) is 13.5. The molecule has 1 atom stereocenters. The van der Waals surface area contributed by atoms with Gasteiger partial charge in [-0.25, -0.2) is 4.79 Å². The molecular formula is C13H15N3O2S. The number of aliphatic hydroxyl groups is 1. The number of carbonyl (C=O) groups is 1. The monoisotopic (exact) mass is 277 g/mol. The Balaban J connectivity index is 2.00. The molecule has 0 spiro atoms. The smallest absolute Gasteiger partial charge is 0.320 e. The average molecular weight is 277 g/mol. The standard InChI is InChI=1S/C13H15N3O2S/c1-9(8-17)14-13(18)15-12-7-11(16-19-12)10-5-3-2-4-6-10/h2-7,9,17H,8H2,1H3,(H2,14,15,18). The van der Waals surface area contributed by atoms with Crippen LogP contribution in [0.1, 0.15) is 6.92 Å². The molecule has 100 valence electrons. The number of aromatic nitrogens is 1. The maximum Gasteiger partial charge on any atom is 0.320 e. The first-order chi connectivity index (χ1) is 9.19. The van der Waals surface area contributed by atoms with Crippen LogP contribution in [0.2, 0.25) is 0 Å². The molecule has 1 heterocycles. The fourth-order valence-corrected chi connectivity index (χ4v) is 2.15. The molecule has 2 amide bonds. The normalized spacial score (nSPS) is 11.9. The lowest BCUT2D eigenvalue weighted by molar-refractivity contribution is 0.229. The van der Waals surface area contributed by atoms with E-state index in [0.717, 1.165) is 11.3 Å². The first-order valence-electron chi connectivity index (χ1n) is 5.89. The molecule has 0 saturated carbocycles. The van der Waals surface area contributed by atoms with Gasteiger partial charge < -0.3 is 10.4 Å². The fraction of sp³-hybridized carbons (Fsp3) is 0.231. The molecule has 0 aliphatic carbocycles. The number of anilines is 1. The summed E-state index contributed by atoms with van der Waals surface area (Å²) >= 11 is 1.22. The van der Waals surface area contributed by atoms with E-state index in [0.29, 0.717) is 5.00 Å². The van der Waals surface area contributed by atoms with Crippen LogP contribution in [0.5, 0.6) is 0 Å². The molecule has 0 aliphatic heterocycles. The van der Waals surface area contributed by atoms with E-state index in [1.807, 2.05) is 36.4 Å². The number of carbonyl (C=O) groups excluding carboxylic acids is 1. The third-order valence-electron chi connectivity index (χ3n) is 2.47. The van der Waals surface area contributed by atoms with Gasteiger partial charge in [-0.3, -0.25) is 5.32 Å². The molecule has 1 aromatic carbocycles. The summed E-state index contributed by atoms with van der Waals surface area (Å²) in [5.74, 6) is 0. The summed E-state index contributed by atoms with van der Waals surface area (Å²) in [6.45, 7) is 1.63. The second kappa shape index (κ2) is 6.31. The van der Waals surface area contributed by atoms with Gasteiger partial charge in [-0.2, -0.15) is 4.37 Å². The number of benzene rings is 1. The summed E-state index contributed by atoms with van der Waals surface area (Å²) in [6.07, 6.45) is 0. The molecule has 6 heteroatoms. The van der Waals surface area contributed by atoms with Crippen molar-refractivity contribution in [3.8, 4) is 11.3 Å². The van der Waals surface area contributed by atoms with E-state index in [-0.39, 0.29) is 18.7 Å². The van der Waals surface area contributed by atoms with Gasteiger partial charge >= 0.3 is 6.03 Å². The van der Waals surface area contributed by atoms with Crippen LogP contribution in [0.15, 0.2) is 36.4 Å². The highest BCUT2D eigenvalue weighted by atomic mass is 32.1. The molecule has 19 heavy (non-hydrogen) atoms. The van der Waals surface area contributed by atoms with Crippen LogP contribution < -0.4 is 10.6 Å². The highest BCUT2D eigenvalue weighted by molar-refractivity contribution is 7.10. The zero-order valence-electron chi connectivity index (χ0n) is 10.5. The maximum absolute atomic E-state index is 11.6. The molecule has 0 fully saturated rings. The number of nitrogens with one attached hydrogen (secondary N) is 2. The van der Waals surface area contributed by atoms with Gasteiger partial charge in [0.25, 0.3) is 0 Å². The largest absolute Gasteiger partial charge is 0.394 e. The highest BCUT2D eigenvalue weighted by Crippen LogP contribution is 2.24. The van der Waals surface area contributed by atoms with Crippen molar-refractivity contribution < 1.29 is 9.90 Å². The van der Waals surface area contributed by atoms with Crippen LogP contribution >= 0.6 is 11.5 Å². The molecule has 5 nitrogen and oxygen atoms in total. The van der Waals surface area contributed by atoms with Crippen LogP contribution in [0.3, 0.4) is 0 Å². The lowest BCUT2D eigenvalue weighted by Crippen LogP contribution is -2.37. The van der Waals surface area contributed by atoms with Crippen LogP contribution in [-0.2, 0) is 0 Å². The van der Waals surface area contributed by atoms with Gasteiger partial charge in [0.05, 0.1) is 18.3 Å². The third kappa shape index (κ3) is 3.77. The number of amides is 2. The number of rotatable bonds is 4. The minimum atomic E-state index is -0.343. The summed E-state index contributed by atoms with van der Waals surface area (Å²) in [5.41, 5.74) is 1.84. The second-order valence-electron chi connectivity index (χ2n) is 4.12. The predicted molar refractivity (Wildman–Crippen MR) is 76.3 cm³/mol. The average Bonchev–Trinajstić information content (AvgIpc) is 2.88. The van der Waals surface area contributed by atoms with E-state index in [1.165, 1.54) is 11.5 Å². The molecule has 1 unspecified atom stereocenters. The van der Waals surface area contributed by atoms with E-state index in [2.05, 4.69) is 15.0 Å². The van der Waals surface area contributed by atoms with Crippen molar-refractivity contribution >= 4 is 22.6 Å². The number of hydrogen-bond donors (Lipinski definition) is 3. The van der Waals surface area contributed by atoms with Crippen molar-refractivity contribution in [2.24, 2.45) is 0 Å². The van der Waals surface area contributed by atoms with Crippen LogP contribution in [0.25, 0.3) is 11.3 Å². The Bertz CT molecular complexity index is 542. The van der Waals surface area contributed by atoms with Crippen LogP contribution in [0, 0.1) is 0 Å². The Labute approximate surface area is 115 Å². The number of hydrogen-bond acceptors (Lipinski definition) is 4. The fourth-order valence-electron chi connectivity index (χ4n) is 1.50. The lowest BCUT2D eigenvalue weighted by atomic mass is 10.2. The van der Waals surface area contributed by atoms with E-state index >= 15 is 0 Å². The van der Waals surface area contributed by atoms with Crippen LogP contribution in [-0.4, -0.2) is 28.2 Å². The molecule has 3 N–H and O–H groups in total. The quantitative estimate of drug-likeness (QED) is 0.803. The van der Waals surface area contributed by atoms with Crippen LogP contribution in [0.4, 0.5) is 9.80 Å². The van der Waals surface area contributed by atoms with E-state index in [4.69, 9.17) is 5.11 Å². The second-order valence-corrected chi connectivity index (χ2v) is 4.93. The SMILES string of the molecule is CC(CO)NC(=O)Nc1cc(-c2ccccc2)ns1. The molecule has 0 saturated heterocycles. The Hall–Kier alpha value is -1.92. The van der Waals surface area contributed by atoms with E-state index < -0.39 is 0 Å². The summed E-state index contributed by atoms with van der Waals surface area (Å²) in [5, 5.41) is 14.8. The minimum Gasteiger partial charge on any atom is -0.394 e. The third-order valence-corrected chi connectivity index (χ3v) is 3.17.